The van der Waals surface area contributed by atoms with Crippen molar-refractivity contribution in [3.8, 4) is 12.1 Å². The molecule has 0 saturated heterocycles. The first-order valence-electron chi connectivity index (χ1n) is 4.97. The van der Waals surface area contributed by atoms with Gasteiger partial charge in [-0.25, -0.2) is 13.1 Å². The molecule has 0 aliphatic carbocycles. The standard InChI is InChI=1S/C11H11N3O2S/c12-7-1-2-8-14-17(15,16)11-5-3-10(9-13)4-6-11/h3-6,14H,1-2,8H2. The van der Waals surface area contributed by atoms with E-state index >= 15 is 0 Å². The van der Waals surface area contributed by atoms with Crippen molar-refractivity contribution in [2.45, 2.75) is 17.7 Å². The number of nitrogens with one attached hydrogen (secondary N) is 1. The maximum Gasteiger partial charge on any atom is 0.240 e. The zero-order valence-corrected chi connectivity index (χ0v) is 9.87. The lowest BCUT2D eigenvalue weighted by Gasteiger charge is -2.05. The van der Waals surface area contributed by atoms with E-state index in [9.17, 15) is 8.42 Å². The predicted octanol–water partition coefficient (Wildman–Crippen LogP) is 1.14. The number of sulfonamides is 1. The highest BCUT2D eigenvalue weighted by atomic mass is 32.2. The quantitative estimate of drug-likeness (QED) is 0.792. The Morgan fingerprint density at radius 2 is 1.82 bits per heavy atom. The summed E-state index contributed by atoms with van der Waals surface area (Å²) in [4.78, 5) is 0.119. The van der Waals surface area contributed by atoms with Gasteiger partial charge in [-0.05, 0) is 30.7 Å². The van der Waals surface area contributed by atoms with Crippen molar-refractivity contribution in [3.63, 3.8) is 0 Å². The Morgan fingerprint density at radius 3 is 2.35 bits per heavy atom. The second-order valence-electron chi connectivity index (χ2n) is 3.30. The smallest absolute Gasteiger partial charge is 0.211 e. The largest absolute Gasteiger partial charge is 0.240 e. The molecule has 0 spiro atoms. The van der Waals surface area contributed by atoms with Gasteiger partial charge in [0, 0.05) is 13.0 Å². The number of hydrogen-bond donors (Lipinski definition) is 1. The molecule has 6 heteroatoms. The van der Waals surface area contributed by atoms with Crippen LogP contribution in [-0.4, -0.2) is 15.0 Å². The molecule has 1 aromatic rings. The van der Waals surface area contributed by atoms with Crippen molar-refractivity contribution < 1.29 is 8.42 Å². The minimum atomic E-state index is -3.53. The van der Waals surface area contributed by atoms with Gasteiger partial charge in [0.1, 0.15) is 0 Å². The van der Waals surface area contributed by atoms with Crippen molar-refractivity contribution >= 4 is 10.0 Å². The number of nitriles is 2. The monoisotopic (exact) mass is 249 g/mol. The van der Waals surface area contributed by atoms with Gasteiger partial charge in [-0.3, -0.25) is 0 Å². The summed E-state index contributed by atoms with van der Waals surface area (Å²) in [5, 5.41) is 16.9. The molecule has 1 aromatic carbocycles. The summed E-state index contributed by atoms with van der Waals surface area (Å²) in [6.45, 7) is 0.232. The van der Waals surface area contributed by atoms with E-state index in [1.807, 2.05) is 12.1 Å². The molecule has 5 nitrogen and oxygen atoms in total. The summed E-state index contributed by atoms with van der Waals surface area (Å²) in [5.74, 6) is 0. The Hall–Kier alpha value is -1.89. The van der Waals surface area contributed by atoms with Gasteiger partial charge in [0.15, 0.2) is 0 Å². The van der Waals surface area contributed by atoms with Gasteiger partial charge in [0.05, 0.1) is 22.6 Å². The minimum absolute atomic E-state index is 0.119. The van der Waals surface area contributed by atoms with Crippen LogP contribution in [0.3, 0.4) is 0 Å². The first-order chi connectivity index (χ1) is 8.10. The fourth-order valence-electron chi connectivity index (χ4n) is 1.17. The maximum atomic E-state index is 11.7. The third-order valence-corrected chi connectivity index (χ3v) is 3.53. The molecule has 17 heavy (non-hydrogen) atoms. The van der Waals surface area contributed by atoms with Crippen LogP contribution in [0.2, 0.25) is 0 Å². The molecule has 0 aromatic heterocycles. The lowest BCUT2D eigenvalue weighted by molar-refractivity contribution is 0.579. The molecule has 0 saturated carbocycles. The van der Waals surface area contributed by atoms with Gasteiger partial charge in [0.25, 0.3) is 0 Å². The first-order valence-corrected chi connectivity index (χ1v) is 6.45. The fourth-order valence-corrected chi connectivity index (χ4v) is 2.24. The van der Waals surface area contributed by atoms with E-state index in [0.29, 0.717) is 18.4 Å². The van der Waals surface area contributed by atoms with E-state index in [1.54, 1.807) is 0 Å². The highest BCUT2D eigenvalue weighted by molar-refractivity contribution is 7.89. The summed E-state index contributed by atoms with van der Waals surface area (Å²) < 4.78 is 25.8. The van der Waals surface area contributed by atoms with Gasteiger partial charge in [-0.15, -0.1) is 0 Å². The van der Waals surface area contributed by atoms with Crippen LogP contribution in [-0.2, 0) is 10.0 Å². The van der Waals surface area contributed by atoms with Crippen LogP contribution in [0.1, 0.15) is 18.4 Å². The second kappa shape index (κ2) is 6.00. The molecule has 1 rings (SSSR count). The molecule has 0 fully saturated rings. The highest BCUT2D eigenvalue weighted by Gasteiger charge is 2.12. The molecule has 0 bridgehead atoms. The fraction of sp³-hybridized carbons (Fsp3) is 0.273. The second-order valence-corrected chi connectivity index (χ2v) is 5.06. The molecule has 0 unspecified atom stereocenters. The van der Waals surface area contributed by atoms with Gasteiger partial charge in [-0.2, -0.15) is 10.5 Å². The Kier molecular flexibility index (Phi) is 4.65. The van der Waals surface area contributed by atoms with E-state index in [1.165, 1.54) is 24.3 Å². The van der Waals surface area contributed by atoms with Gasteiger partial charge in [-0.1, -0.05) is 0 Å². The molecule has 0 aliphatic rings. The van der Waals surface area contributed by atoms with Gasteiger partial charge < -0.3 is 0 Å². The first kappa shape index (κ1) is 13.2. The molecule has 0 amide bonds. The van der Waals surface area contributed by atoms with E-state index in [4.69, 9.17) is 10.5 Å². The van der Waals surface area contributed by atoms with Crippen molar-refractivity contribution in [2.75, 3.05) is 6.54 Å². The summed E-state index contributed by atoms with van der Waals surface area (Å²) in [6.07, 6.45) is 0.794. The summed E-state index contributed by atoms with van der Waals surface area (Å²) in [7, 11) is -3.53. The Bertz CT molecular complexity index is 550. The van der Waals surface area contributed by atoms with E-state index in [0.717, 1.165) is 0 Å². The lowest BCUT2D eigenvalue weighted by Crippen LogP contribution is -2.24. The number of benzene rings is 1. The van der Waals surface area contributed by atoms with Crippen molar-refractivity contribution in [3.05, 3.63) is 29.8 Å². The molecular weight excluding hydrogens is 238 g/mol. The number of hydrogen-bond acceptors (Lipinski definition) is 4. The molecule has 0 radical (unpaired) electrons. The zero-order valence-electron chi connectivity index (χ0n) is 9.05. The Balaban J connectivity index is 2.70. The van der Waals surface area contributed by atoms with Crippen molar-refractivity contribution in [1.29, 1.82) is 10.5 Å². The minimum Gasteiger partial charge on any atom is -0.211 e. The topological polar surface area (TPSA) is 93.8 Å². The maximum absolute atomic E-state index is 11.7. The SMILES string of the molecule is N#CCCCNS(=O)(=O)c1ccc(C#N)cc1. The molecule has 88 valence electrons. The van der Waals surface area contributed by atoms with Crippen LogP contribution in [0.25, 0.3) is 0 Å². The lowest BCUT2D eigenvalue weighted by atomic mass is 10.2. The zero-order chi connectivity index (χ0) is 12.7. The van der Waals surface area contributed by atoms with Crippen LogP contribution in [0.4, 0.5) is 0 Å². The predicted molar refractivity (Wildman–Crippen MR) is 61.2 cm³/mol. The Labute approximate surface area is 100 Å². The van der Waals surface area contributed by atoms with Crippen LogP contribution >= 0.6 is 0 Å². The molecular formula is C11H11N3O2S. The molecule has 0 heterocycles. The van der Waals surface area contributed by atoms with Crippen molar-refractivity contribution in [2.24, 2.45) is 0 Å². The Morgan fingerprint density at radius 1 is 1.18 bits per heavy atom. The average molecular weight is 249 g/mol. The van der Waals surface area contributed by atoms with Crippen LogP contribution in [0.5, 0.6) is 0 Å². The van der Waals surface area contributed by atoms with Crippen molar-refractivity contribution in [1.82, 2.24) is 4.72 Å². The highest BCUT2D eigenvalue weighted by Crippen LogP contribution is 2.09. The summed E-state index contributed by atoms with van der Waals surface area (Å²) >= 11 is 0. The van der Waals surface area contributed by atoms with Crippen LogP contribution in [0.15, 0.2) is 29.2 Å². The molecule has 0 atom stereocenters. The van der Waals surface area contributed by atoms with E-state index < -0.39 is 10.0 Å². The van der Waals surface area contributed by atoms with Crippen LogP contribution in [0, 0.1) is 22.7 Å². The normalized spacial score (nSPS) is 10.5. The average Bonchev–Trinajstić information content (AvgIpc) is 2.35. The summed E-state index contributed by atoms with van der Waals surface area (Å²) in [5.41, 5.74) is 0.411. The van der Waals surface area contributed by atoms with E-state index in [-0.39, 0.29) is 11.4 Å². The third-order valence-electron chi connectivity index (χ3n) is 2.05. The van der Waals surface area contributed by atoms with E-state index in [2.05, 4.69) is 4.72 Å². The number of unbranched alkanes of at least 4 members (excludes halogenated alkanes) is 1. The third kappa shape index (κ3) is 3.87. The summed E-state index contributed by atoms with van der Waals surface area (Å²) in [6, 6.07) is 9.51. The van der Waals surface area contributed by atoms with Gasteiger partial charge in [0.2, 0.25) is 10.0 Å². The van der Waals surface area contributed by atoms with Crippen LogP contribution < -0.4 is 4.72 Å². The van der Waals surface area contributed by atoms with Gasteiger partial charge >= 0.3 is 0 Å². The molecule has 0 aliphatic heterocycles. The number of rotatable bonds is 5. The number of nitrogens with zero attached hydrogens (tertiary/aromatic N) is 2. The molecule has 1 N–H and O–H groups in total.